The fourth-order valence-electron chi connectivity index (χ4n) is 3.35. The van der Waals surface area contributed by atoms with E-state index in [2.05, 4.69) is 9.97 Å². The van der Waals surface area contributed by atoms with E-state index in [0.717, 1.165) is 16.6 Å². The maximum atomic E-state index is 12.7. The largest absolute Gasteiger partial charge is 0.467 e. The SMILES string of the molecule is C[C@@H]1CN(c2ccccc2)C(=O)CN1C(=O)COc1ncnc2ccccc12. The molecule has 142 valence electrons. The summed E-state index contributed by atoms with van der Waals surface area (Å²) >= 11 is 0. The molecule has 0 saturated carbocycles. The van der Waals surface area contributed by atoms with Crippen molar-refractivity contribution in [2.75, 3.05) is 24.6 Å². The van der Waals surface area contributed by atoms with Gasteiger partial charge in [-0.25, -0.2) is 9.97 Å². The summed E-state index contributed by atoms with van der Waals surface area (Å²) in [5.41, 5.74) is 1.59. The van der Waals surface area contributed by atoms with E-state index in [1.807, 2.05) is 61.5 Å². The first-order valence-electron chi connectivity index (χ1n) is 9.11. The molecule has 0 bridgehead atoms. The van der Waals surface area contributed by atoms with Crippen molar-refractivity contribution in [3.8, 4) is 5.88 Å². The smallest absolute Gasteiger partial charge is 0.261 e. The number of ether oxygens (including phenoxy) is 1. The van der Waals surface area contributed by atoms with Crippen LogP contribution in [0.2, 0.25) is 0 Å². The van der Waals surface area contributed by atoms with Gasteiger partial charge in [0.05, 0.1) is 10.9 Å². The van der Waals surface area contributed by atoms with Crippen LogP contribution in [0.5, 0.6) is 5.88 Å². The molecule has 7 nitrogen and oxygen atoms in total. The van der Waals surface area contributed by atoms with Gasteiger partial charge in [0.2, 0.25) is 11.8 Å². The van der Waals surface area contributed by atoms with Crippen molar-refractivity contribution in [2.45, 2.75) is 13.0 Å². The summed E-state index contributed by atoms with van der Waals surface area (Å²) in [5.74, 6) is 0.0160. The second-order valence-electron chi connectivity index (χ2n) is 6.70. The number of piperazine rings is 1. The van der Waals surface area contributed by atoms with E-state index in [1.165, 1.54) is 6.33 Å². The number of benzene rings is 2. The van der Waals surface area contributed by atoms with E-state index >= 15 is 0 Å². The number of aromatic nitrogens is 2. The molecule has 1 atom stereocenters. The lowest BCUT2D eigenvalue weighted by Gasteiger charge is -2.39. The number of carbonyl (C=O) groups is 2. The molecular formula is C21H20N4O3. The lowest BCUT2D eigenvalue weighted by Crippen LogP contribution is -2.58. The molecule has 28 heavy (non-hydrogen) atoms. The average molecular weight is 376 g/mol. The van der Waals surface area contributed by atoms with Crippen LogP contribution in [0, 0.1) is 0 Å². The molecule has 7 heteroatoms. The maximum absolute atomic E-state index is 12.7. The normalized spacial score (nSPS) is 17.0. The third-order valence-corrected chi connectivity index (χ3v) is 4.81. The molecule has 0 aliphatic carbocycles. The minimum Gasteiger partial charge on any atom is -0.467 e. The third kappa shape index (κ3) is 3.51. The quantitative estimate of drug-likeness (QED) is 0.698. The predicted octanol–water partition coefficient (Wildman–Crippen LogP) is 2.27. The third-order valence-electron chi connectivity index (χ3n) is 4.81. The fraction of sp³-hybridized carbons (Fsp3) is 0.238. The van der Waals surface area contributed by atoms with Gasteiger partial charge in [-0.05, 0) is 31.2 Å². The Labute approximate surface area is 162 Å². The van der Waals surface area contributed by atoms with Gasteiger partial charge in [-0.1, -0.05) is 30.3 Å². The highest BCUT2D eigenvalue weighted by molar-refractivity contribution is 5.98. The summed E-state index contributed by atoms with van der Waals surface area (Å²) in [6, 6.07) is 16.8. The Bertz CT molecular complexity index is 1000. The van der Waals surface area contributed by atoms with Crippen LogP contribution in [-0.4, -0.2) is 52.4 Å². The molecule has 2 aromatic carbocycles. The van der Waals surface area contributed by atoms with E-state index < -0.39 is 0 Å². The van der Waals surface area contributed by atoms with E-state index in [-0.39, 0.29) is 31.0 Å². The van der Waals surface area contributed by atoms with Crippen LogP contribution in [0.15, 0.2) is 60.9 Å². The van der Waals surface area contributed by atoms with Crippen molar-refractivity contribution in [3.63, 3.8) is 0 Å². The average Bonchev–Trinajstić information content (AvgIpc) is 2.74. The van der Waals surface area contributed by atoms with Gasteiger partial charge in [0.1, 0.15) is 12.9 Å². The van der Waals surface area contributed by atoms with Crippen LogP contribution in [-0.2, 0) is 9.59 Å². The Morgan fingerprint density at radius 1 is 1.11 bits per heavy atom. The zero-order chi connectivity index (χ0) is 19.5. The molecule has 4 rings (SSSR count). The van der Waals surface area contributed by atoms with Gasteiger partial charge in [0.25, 0.3) is 5.91 Å². The topological polar surface area (TPSA) is 75.6 Å². The first-order valence-corrected chi connectivity index (χ1v) is 9.11. The monoisotopic (exact) mass is 376 g/mol. The van der Waals surface area contributed by atoms with Gasteiger partial charge < -0.3 is 14.5 Å². The highest BCUT2D eigenvalue weighted by atomic mass is 16.5. The Morgan fingerprint density at radius 3 is 2.68 bits per heavy atom. The molecule has 2 heterocycles. The molecule has 0 radical (unpaired) electrons. The molecule has 1 saturated heterocycles. The summed E-state index contributed by atoms with van der Waals surface area (Å²) in [5, 5.41) is 0.746. The van der Waals surface area contributed by atoms with Crippen molar-refractivity contribution in [2.24, 2.45) is 0 Å². The van der Waals surface area contributed by atoms with Crippen molar-refractivity contribution in [1.29, 1.82) is 0 Å². The van der Waals surface area contributed by atoms with Crippen molar-refractivity contribution >= 4 is 28.4 Å². The molecular weight excluding hydrogens is 356 g/mol. The molecule has 3 aromatic rings. The second kappa shape index (κ2) is 7.64. The summed E-state index contributed by atoms with van der Waals surface area (Å²) in [6.45, 7) is 2.23. The number of hydrogen-bond acceptors (Lipinski definition) is 5. The van der Waals surface area contributed by atoms with E-state index in [0.29, 0.717) is 12.4 Å². The number of rotatable bonds is 4. The van der Waals surface area contributed by atoms with Crippen LogP contribution in [0.1, 0.15) is 6.92 Å². The van der Waals surface area contributed by atoms with Crippen LogP contribution in [0.3, 0.4) is 0 Å². The number of amides is 2. The summed E-state index contributed by atoms with van der Waals surface area (Å²) in [4.78, 5) is 36.9. The lowest BCUT2D eigenvalue weighted by atomic mass is 10.1. The van der Waals surface area contributed by atoms with E-state index in [9.17, 15) is 9.59 Å². The van der Waals surface area contributed by atoms with Crippen molar-refractivity contribution in [1.82, 2.24) is 14.9 Å². The molecule has 0 unspecified atom stereocenters. The van der Waals surface area contributed by atoms with Gasteiger partial charge >= 0.3 is 0 Å². The second-order valence-corrected chi connectivity index (χ2v) is 6.70. The van der Waals surface area contributed by atoms with Gasteiger partial charge in [-0.2, -0.15) is 0 Å². The van der Waals surface area contributed by atoms with Gasteiger partial charge in [0.15, 0.2) is 6.61 Å². The highest BCUT2D eigenvalue weighted by Crippen LogP contribution is 2.22. The predicted molar refractivity (Wildman–Crippen MR) is 105 cm³/mol. The van der Waals surface area contributed by atoms with Crippen LogP contribution >= 0.6 is 0 Å². The Hall–Kier alpha value is -3.48. The molecule has 1 aromatic heterocycles. The first kappa shape index (κ1) is 17.9. The van der Waals surface area contributed by atoms with E-state index in [1.54, 1.807) is 9.80 Å². The fourth-order valence-corrected chi connectivity index (χ4v) is 3.35. The van der Waals surface area contributed by atoms with Crippen LogP contribution < -0.4 is 9.64 Å². The summed E-state index contributed by atoms with van der Waals surface area (Å²) in [6.07, 6.45) is 1.41. The summed E-state index contributed by atoms with van der Waals surface area (Å²) in [7, 11) is 0. The molecule has 2 amide bonds. The number of hydrogen-bond donors (Lipinski definition) is 0. The van der Waals surface area contributed by atoms with Crippen molar-refractivity contribution in [3.05, 3.63) is 60.9 Å². The number of fused-ring (bicyclic) bond motifs is 1. The first-order chi connectivity index (χ1) is 13.6. The zero-order valence-corrected chi connectivity index (χ0v) is 15.5. The highest BCUT2D eigenvalue weighted by Gasteiger charge is 2.33. The molecule has 0 spiro atoms. The van der Waals surface area contributed by atoms with E-state index in [4.69, 9.17) is 4.74 Å². The standard InChI is InChI=1S/C21H20N4O3/c1-15-11-25(16-7-3-2-4-8-16)19(26)12-24(15)20(27)13-28-21-17-9-5-6-10-18(17)22-14-23-21/h2-10,14-15H,11-13H2,1H3/t15-/m1/s1. The number of carbonyl (C=O) groups excluding carboxylic acids is 2. The Morgan fingerprint density at radius 2 is 1.86 bits per heavy atom. The number of anilines is 1. The van der Waals surface area contributed by atoms with Gasteiger partial charge in [-0.15, -0.1) is 0 Å². The Balaban J connectivity index is 1.43. The van der Waals surface area contributed by atoms with Crippen molar-refractivity contribution < 1.29 is 14.3 Å². The number of para-hydroxylation sites is 2. The molecule has 1 aliphatic heterocycles. The van der Waals surface area contributed by atoms with Gasteiger partial charge in [0, 0.05) is 18.3 Å². The molecule has 0 N–H and O–H groups in total. The maximum Gasteiger partial charge on any atom is 0.261 e. The minimum absolute atomic E-state index is 0.0305. The van der Waals surface area contributed by atoms with Crippen LogP contribution in [0.4, 0.5) is 5.69 Å². The Kier molecular flexibility index (Phi) is 4.89. The van der Waals surface area contributed by atoms with Crippen LogP contribution in [0.25, 0.3) is 10.9 Å². The molecule has 1 aliphatic rings. The van der Waals surface area contributed by atoms with Gasteiger partial charge in [-0.3, -0.25) is 9.59 Å². The summed E-state index contributed by atoms with van der Waals surface area (Å²) < 4.78 is 5.66. The molecule has 1 fully saturated rings. The number of nitrogens with zero attached hydrogens (tertiary/aromatic N) is 4. The minimum atomic E-state index is -0.240. The lowest BCUT2D eigenvalue weighted by molar-refractivity contribution is -0.141. The zero-order valence-electron chi connectivity index (χ0n) is 15.5.